The maximum atomic E-state index is 12.8. The van der Waals surface area contributed by atoms with E-state index in [0.29, 0.717) is 16.9 Å². The molecule has 1 amide bonds. The normalized spacial score (nSPS) is 15.6. The van der Waals surface area contributed by atoms with E-state index >= 15 is 0 Å². The van der Waals surface area contributed by atoms with Gasteiger partial charge in [-0.05, 0) is 43.2 Å². The molecular weight excluding hydrogens is 344 g/mol. The summed E-state index contributed by atoms with van der Waals surface area (Å²) in [5, 5.41) is 3.03. The number of aromatic nitrogens is 1. The Morgan fingerprint density at radius 2 is 1.85 bits per heavy atom. The molecule has 1 aromatic heterocycles. The van der Waals surface area contributed by atoms with Crippen molar-refractivity contribution in [2.24, 2.45) is 0 Å². The number of benzene rings is 1. The highest BCUT2D eigenvalue weighted by Gasteiger charge is 2.28. The Morgan fingerprint density at radius 3 is 2.48 bits per heavy atom. The van der Waals surface area contributed by atoms with Gasteiger partial charge in [-0.15, -0.1) is 0 Å². The second-order valence-electron chi connectivity index (χ2n) is 6.64. The van der Waals surface area contributed by atoms with E-state index in [1.54, 1.807) is 55.9 Å². The van der Waals surface area contributed by atoms with Crippen LogP contribution in [0.2, 0.25) is 0 Å². The van der Waals surface area contributed by atoms with E-state index in [4.69, 9.17) is 9.47 Å². The zero-order valence-electron chi connectivity index (χ0n) is 15.4. The van der Waals surface area contributed by atoms with Gasteiger partial charge in [0.1, 0.15) is 5.75 Å². The Labute approximate surface area is 158 Å². The Kier molecular flexibility index (Phi) is 6.41. The minimum absolute atomic E-state index is 0.130. The summed E-state index contributed by atoms with van der Waals surface area (Å²) in [4.78, 5) is 29.5. The molecule has 0 saturated heterocycles. The molecule has 142 valence electrons. The monoisotopic (exact) mass is 368 g/mol. The Hall–Kier alpha value is -2.89. The SMILES string of the molecule is COc1ccc(C(=O)OC(C(=O)NC2CCCCC2)c2cccnc2)cc1. The van der Waals surface area contributed by atoms with Gasteiger partial charge in [-0.3, -0.25) is 9.78 Å². The van der Waals surface area contributed by atoms with Gasteiger partial charge in [0.2, 0.25) is 6.10 Å². The van der Waals surface area contributed by atoms with E-state index in [-0.39, 0.29) is 11.9 Å². The maximum absolute atomic E-state index is 12.8. The predicted molar refractivity (Wildman–Crippen MR) is 100 cm³/mol. The summed E-state index contributed by atoms with van der Waals surface area (Å²) in [6.07, 6.45) is 7.45. The van der Waals surface area contributed by atoms with E-state index in [0.717, 1.165) is 25.7 Å². The van der Waals surface area contributed by atoms with E-state index in [9.17, 15) is 9.59 Å². The van der Waals surface area contributed by atoms with Gasteiger partial charge in [0.05, 0.1) is 12.7 Å². The molecule has 1 aliphatic rings. The molecule has 2 aromatic rings. The van der Waals surface area contributed by atoms with Crippen molar-refractivity contribution in [1.82, 2.24) is 10.3 Å². The Balaban J connectivity index is 1.74. The summed E-state index contributed by atoms with van der Waals surface area (Å²) in [5.74, 6) is -0.229. The lowest BCUT2D eigenvalue weighted by molar-refractivity contribution is -0.131. The number of hydrogen-bond acceptors (Lipinski definition) is 5. The molecule has 0 spiro atoms. The fraction of sp³-hybridized carbons (Fsp3) is 0.381. The lowest BCUT2D eigenvalue weighted by Crippen LogP contribution is -2.40. The average molecular weight is 368 g/mol. The number of methoxy groups -OCH3 is 1. The highest BCUT2D eigenvalue weighted by Crippen LogP contribution is 2.23. The number of rotatable bonds is 6. The molecule has 0 radical (unpaired) electrons. The number of esters is 1. The number of carbonyl (C=O) groups excluding carboxylic acids is 2. The van der Waals surface area contributed by atoms with Crippen molar-refractivity contribution >= 4 is 11.9 Å². The van der Waals surface area contributed by atoms with Gasteiger partial charge in [0, 0.05) is 24.0 Å². The Bertz CT molecular complexity index is 756. The Morgan fingerprint density at radius 1 is 1.11 bits per heavy atom. The topological polar surface area (TPSA) is 77.5 Å². The third-order valence-corrected chi connectivity index (χ3v) is 4.73. The molecule has 1 unspecified atom stereocenters. The van der Waals surface area contributed by atoms with E-state index in [1.807, 2.05) is 0 Å². The first-order chi connectivity index (χ1) is 13.2. The van der Waals surface area contributed by atoms with Gasteiger partial charge in [-0.2, -0.15) is 0 Å². The molecular formula is C21H24N2O4. The predicted octanol–water partition coefficient (Wildman–Crippen LogP) is 3.44. The molecule has 27 heavy (non-hydrogen) atoms. The molecule has 1 fully saturated rings. The molecule has 1 N–H and O–H groups in total. The third-order valence-electron chi connectivity index (χ3n) is 4.73. The van der Waals surface area contributed by atoms with Crippen molar-refractivity contribution in [3.63, 3.8) is 0 Å². The minimum Gasteiger partial charge on any atom is -0.497 e. The molecule has 1 aliphatic carbocycles. The molecule has 1 heterocycles. The van der Waals surface area contributed by atoms with Crippen LogP contribution in [0, 0.1) is 0 Å². The van der Waals surface area contributed by atoms with Crippen LogP contribution in [0.1, 0.15) is 54.1 Å². The van der Waals surface area contributed by atoms with Crippen LogP contribution in [0.25, 0.3) is 0 Å². The first-order valence-corrected chi connectivity index (χ1v) is 9.22. The third kappa shape index (κ3) is 5.06. The zero-order chi connectivity index (χ0) is 19.1. The van der Waals surface area contributed by atoms with E-state index in [2.05, 4.69) is 10.3 Å². The smallest absolute Gasteiger partial charge is 0.339 e. The molecule has 0 bridgehead atoms. The number of ether oxygens (including phenoxy) is 2. The first kappa shape index (κ1) is 18.9. The number of pyridine rings is 1. The van der Waals surface area contributed by atoms with Crippen LogP contribution in [0.3, 0.4) is 0 Å². The fourth-order valence-electron chi connectivity index (χ4n) is 3.23. The van der Waals surface area contributed by atoms with Crippen LogP contribution in [0.4, 0.5) is 0 Å². The van der Waals surface area contributed by atoms with Crippen LogP contribution >= 0.6 is 0 Å². The van der Waals surface area contributed by atoms with E-state index < -0.39 is 12.1 Å². The molecule has 6 heteroatoms. The van der Waals surface area contributed by atoms with Crippen LogP contribution in [0.15, 0.2) is 48.8 Å². The number of carbonyl (C=O) groups is 2. The summed E-state index contributed by atoms with van der Waals surface area (Å²) < 4.78 is 10.7. The van der Waals surface area contributed by atoms with Gasteiger partial charge in [-0.1, -0.05) is 25.3 Å². The fourth-order valence-corrected chi connectivity index (χ4v) is 3.23. The van der Waals surface area contributed by atoms with Crippen molar-refractivity contribution in [3.8, 4) is 5.75 Å². The standard InChI is InChI=1S/C21H24N2O4/c1-26-18-11-9-15(10-12-18)21(25)27-19(16-6-5-13-22-14-16)20(24)23-17-7-3-2-4-8-17/h5-6,9-14,17,19H,2-4,7-8H2,1H3,(H,23,24). The lowest BCUT2D eigenvalue weighted by atomic mass is 9.95. The molecule has 1 atom stereocenters. The number of hydrogen-bond donors (Lipinski definition) is 1. The van der Waals surface area contributed by atoms with Crippen molar-refractivity contribution < 1.29 is 19.1 Å². The van der Waals surface area contributed by atoms with Crippen LogP contribution < -0.4 is 10.1 Å². The summed E-state index contributed by atoms with van der Waals surface area (Å²) in [6.45, 7) is 0. The number of nitrogens with one attached hydrogen (secondary N) is 1. The largest absolute Gasteiger partial charge is 0.497 e. The zero-order valence-corrected chi connectivity index (χ0v) is 15.4. The van der Waals surface area contributed by atoms with E-state index in [1.165, 1.54) is 6.42 Å². The minimum atomic E-state index is -1.03. The summed E-state index contributed by atoms with van der Waals surface area (Å²) >= 11 is 0. The lowest BCUT2D eigenvalue weighted by Gasteiger charge is -2.25. The van der Waals surface area contributed by atoms with Crippen LogP contribution in [-0.2, 0) is 9.53 Å². The van der Waals surface area contributed by atoms with Gasteiger partial charge < -0.3 is 14.8 Å². The molecule has 1 aromatic carbocycles. The quantitative estimate of drug-likeness (QED) is 0.791. The van der Waals surface area contributed by atoms with Crippen molar-refractivity contribution in [2.75, 3.05) is 7.11 Å². The van der Waals surface area contributed by atoms with Crippen LogP contribution in [-0.4, -0.2) is 30.0 Å². The van der Waals surface area contributed by atoms with Crippen molar-refractivity contribution in [2.45, 2.75) is 44.2 Å². The highest BCUT2D eigenvalue weighted by molar-refractivity contribution is 5.92. The first-order valence-electron chi connectivity index (χ1n) is 9.22. The maximum Gasteiger partial charge on any atom is 0.339 e. The van der Waals surface area contributed by atoms with Crippen molar-refractivity contribution in [1.29, 1.82) is 0 Å². The molecule has 1 saturated carbocycles. The van der Waals surface area contributed by atoms with Gasteiger partial charge in [0.15, 0.2) is 0 Å². The summed E-state index contributed by atoms with van der Waals surface area (Å²) in [6, 6.07) is 10.2. The molecule has 3 rings (SSSR count). The molecule has 0 aliphatic heterocycles. The molecule has 6 nitrogen and oxygen atoms in total. The number of nitrogens with zero attached hydrogens (tertiary/aromatic N) is 1. The summed E-state index contributed by atoms with van der Waals surface area (Å²) in [7, 11) is 1.56. The van der Waals surface area contributed by atoms with Gasteiger partial charge in [0.25, 0.3) is 5.91 Å². The second kappa shape index (κ2) is 9.16. The second-order valence-corrected chi connectivity index (χ2v) is 6.64. The van der Waals surface area contributed by atoms with Crippen LogP contribution in [0.5, 0.6) is 5.75 Å². The van der Waals surface area contributed by atoms with Crippen molar-refractivity contribution in [3.05, 3.63) is 59.9 Å². The van der Waals surface area contributed by atoms with Gasteiger partial charge in [-0.25, -0.2) is 4.79 Å². The summed E-state index contributed by atoms with van der Waals surface area (Å²) in [5.41, 5.74) is 0.905. The van der Waals surface area contributed by atoms with Gasteiger partial charge >= 0.3 is 5.97 Å². The highest BCUT2D eigenvalue weighted by atomic mass is 16.5. The average Bonchev–Trinajstić information content (AvgIpc) is 2.73. The number of amides is 1.